The topological polar surface area (TPSA) is 46.2 Å². The fourth-order valence-electron chi connectivity index (χ4n) is 2.44. The van der Waals surface area contributed by atoms with Crippen LogP contribution in [0.2, 0.25) is 0 Å². The van der Waals surface area contributed by atoms with Gasteiger partial charge in [-0.15, -0.1) is 12.6 Å². The van der Waals surface area contributed by atoms with Crippen LogP contribution in [0.3, 0.4) is 0 Å². The first-order valence-corrected chi connectivity index (χ1v) is 10.4. The zero-order valence-corrected chi connectivity index (χ0v) is 17.0. The Bertz CT molecular complexity index is 1070. The Morgan fingerprint density at radius 3 is 2.38 bits per heavy atom. The summed E-state index contributed by atoms with van der Waals surface area (Å²) in [4.78, 5) is 0.140. The molecule has 0 spiro atoms. The van der Waals surface area contributed by atoms with Crippen LogP contribution >= 0.6 is 28.6 Å². The van der Waals surface area contributed by atoms with Gasteiger partial charge in [0, 0.05) is 9.37 Å². The van der Waals surface area contributed by atoms with E-state index < -0.39 is 15.8 Å². The van der Waals surface area contributed by atoms with E-state index in [4.69, 9.17) is 0 Å². The summed E-state index contributed by atoms with van der Waals surface area (Å²) in [6.07, 6.45) is 0. The predicted octanol–water partition coefficient (Wildman–Crippen LogP) is 5.65. The summed E-state index contributed by atoms with van der Waals surface area (Å²) in [5.41, 5.74) is 2.27. The molecular formula is C19H15BrFNO2S2. The molecule has 0 aliphatic carbocycles. The molecule has 0 bridgehead atoms. The number of hydrogen-bond donors (Lipinski definition) is 2. The highest BCUT2D eigenvalue weighted by Crippen LogP contribution is 2.35. The monoisotopic (exact) mass is 451 g/mol. The molecular weight excluding hydrogens is 437 g/mol. The number of sulfonamides is 1. The lowest BCUT2D eigenvalue weighted by atomic mass is 10.0. The minimum Gasteiger partial charge on any atom is -0.277 e. The summed E-state index contributed by atoms with van der Waals surface area (Å²) >= 11 is 7.72. The quantitative estimate of drug-likeness (QED) is 0.503. The number of benzene rings is 3. The van der Waals surface area contributed by atoms with Gasteiger partial charge in [0.1, 0.15) is 0 Å². The first-order chi connectivity index (χ1) is 12.3. The molecule has 1 N–H and O–H groups in total. The highest BCUT2D eigenvalue weighted by Gasteiger charge is 2.19. The van der Waals surface area contributed by atoms with Crippen LogP contribution in [-0.4, -0.2) is 8.42 Å². The molecule has 26 heavy (non-hydrogen) atoms. The van der Waals surface area contributed by atoms with Crippen LogP contribution < -0.4 is 4.72 Å². The SMILES string of the molecule is Cc1ccc(-c2ccc(NS(=O)(=O)c3ccccc3)c(F)c2S)cc1Br. The van der Waals surface area contributed by atoms with Gasteiger partial charge in [-0.25, -0.2) is 12.8 Å². The normalized spacial score (nSPS) is 11.4. The lowest BCUT2D eigenvalue weighted by Crippen LogP contribution is -2.14. The van der Waals surface area contributed by atoms with E-state index in [-0.39, 0.29) is 15.5 Å². The maximum absolute atomic E-state index is 14.8. The second kappa shape index (κ2) is 7.42. The van der Waals surface area contributed by atoms with Crippen molar-refractivity contribution in [3.05, 3.63) is 76.5 Å². The zero-order chi connectivity index (χ0) is 18.9. The Morgan fingerprint density at radius 1 is 1.04 bits per heavy atom. The van der Waals surface area contributed by atoms with Gasteiger partial charge in [0.25, 0.3) is 10.0 Å². The molecule has 0 aliphatic rings. The maximum atomic E-state index is 14.8. The smallest absolute Gasteiger partial charge is 0.261 e. The highest BCUT2D eigenvalue weighted by atomic mass is 79.9. The molecule has 0 aromatic heterocycles. The molecule has 3 rings (SSSR count). The first kappa shape index (κ1) is 18.9. The maximum Gasteiger partial charge on any atom is 0.261 e. The second-order valence-electron chi connectivity index (χ2n) is 5.71. The first-order valence-electron chi connectivity index (χ1n) is 7.65. The van der Waals surface area contributed by atoms with Crippen molar-refractivity contribution in [1.82, 2.24) is 0 Å². The van der Waals surface area contributed by atoms with E-state index in [1.54, 1.807) is 24.3 Å². The molecule has 0 aliphatic heterocycles. The Kier molecular flexibility index (Phi) is 5.41. The van der Waals surface area contributed by atoms with Crippen LogP contribution in [0.15, 0.2) is 74.9 Å². The van der Waals surface area contributed by atoms with E-state index in [1.165, 1.54) is 18.2 Å². The molecule has 0 heterocycles. The summed E-state index contributed by atoms with van der Waals surface area (Å²) in [6, 6.07) is 16.5. The zero-order valence-electron chi connectivity index (χ0n) is 13.7. The van der Waals surface area contributed by atoms with Gasteiger partial charge in [0.15, 0.2) is 5.82 Å². The minimum absolute atomic E-state index is 0.0617. The molecule has 7 heteroatoms. The standard InChI is InChI=1S/C19H15BrFNO2S2/c1-12-7-8-13(11-16(12)20)15-9-10-17(18(21)19(15)25)22-26(23,24)14-5-3-2-4-6-14/h2-11,22,25H,1H3. The average Bonchev–Trinajstić information content (AvgIpc) is 2.62. The summed E-state index contributed by atoms with van der Waals surface area (Å²) < 4.78 is 42.7. The van der Waals surface area contributed by atoms with Crippen LogP contribution in [0, 0.1) is 12.7 Å². The Labute approximate surface area is 165 Å². The molecule has 0 unspecified atom stereocenters. The second-order valence-corrected chi connectivity index (χ2v) is 8.69. The van der Waals surface area contributed by atoms with E-state index in [0.29, 0.717) is 5.56 Å². The van der Waals surface area contributed by atoms with Crippen molar-refractivity contribution in [2.45, 2.75) is 16.7 Å². The predicted molar refractivity (Wildman–Crippen MR) is 109 cm³/mol. The average molecular weight is 452 g/mol. The number of rotatable bonds is 4. The lowest BCUT2D eigenvalue weighted by Gasteiger charge is -2.13. The number of anilines is 1. The fraction of sp³-hybridized carbons (Fsp3) is 0.0526. The minimum atomic E-state index is -3.87. The van der Waals surface area contributed by atoms with E-state index >= 15 is 0 Å². The summed E-state index contributed by atoms with van der Waals surface area (Å²) in [5.74, 6) is -0.720. The van der Waals surface area contributed by atoms with Crippen LogP contribution in [0.1, 0.15) is 5.56 Å². The van der Waals surface area contributed by atoms with Gasteiger partial charge in [-0.2, -0.15) is 0 Å². The van der Waals surface area contributed by atoms with Crippen LogP contribution in [0.5, 0.6) is 0 Å². The molecule has 0 atom stereocenters. The van der Waals surface area contributed by atoms with Gasteiger partial charge < -0.3 is 0 Å². The fourth-order valence-corrected chi connectivity index (χ4v) is 4.22. The largest absolute Gasteiger partial charge is 0.277 e. The third-order valence-electron chi connectivity index (χ3n) is 3.90. The third-order valence-corrected chi connectivity index (χ3v) is 6.57. The van der Waals surface area contributed by atoms with Gasteiger partial charge in [-0.05, 0) is 47.9 Å². The van der Waals surface area contributed by atoms with Crippen LogP contribution in [-0.2, 0) is 10.0 Å². The van der Waals surface area contributed by atoms with Crippen molar-refractivity contribution < 1.29 is 12.8 Å². The Hall–Kier alpha value is -1.83. The van der Waals surface area contributed by atoms with Gasteiger partial charge in [0.2, 0.25) is 0 Å². The Balaban J connectivity index is 1.99. The van der Waals surface area contributed by atoms with Crippen molar-refractivity contribution in [1.29, 1.82) is 0 Å². The summed E-state index contributed by atoms with van der Waals surface area (Å²) in [5, 5.41) is 0. The van der Waals surface area contributed by atoms with Gasteiger partial charge in [-0.1, -0.05) is 52.3 Å². The van der Waals surface area contributed by atoms with E-state index in [1.807, 2.05) is 25.1 Å². The molecule has 3 aromatic rings. The van der Waals surface area contributed by atoms with Crippen molar-refractivity contribution in [2.75, 3.05) is 4.72 Å². The number of halogens is 2. The van der Waals surface area contributed by atoms with Crippen molar-refractivity contribution in [2.24, 2.45) is 0 Å². The molecule has 3 aromatic carbocycles. The van der Waals surface area contributed by atoms with Crippen LogP contribution in [0.25, 0.3) is 11.1 Å². The van der Waals surface area contributed by atoms with Crippen LogP contribution in [0.4, 0.5) is 10.1 Å². The summed E-state index contributed by atoms with van der Waals surface area (Å²) in [7, 11) is -3.87. The highest BCUT2D eigenvalue weighted by molar-refractivity contribution is 9.10. The third kappa shape index (κ3) is 3.79. The van der Waals surface area contributed by atoms with Gasteiger partial charge in [0.05, 0.1) is 10.6 Å². The number of thiol groups is 1. The Morgan fingerprint density at radius 2 is 1.73 bits per heavy atom. The van der Waals surface area contributed by atoms with E-state index in [9.17, 15) is 12.8 Å². The van der Waals surface area contributed by atoms with Crippen molar-refractivity contribution in [3.8, 4) is 11.1 Å². The molecule has 134 valence electrons. The van der Waals surface area contributed by atoms with Gasteiger partial charge >= 0.3 is 0 Å². The molecule has 3 nitrogen and oxygen atoms in total. The number of nitrogens with one attached hydrogen (secondary N) is 1. The molecule has 0 radical (unpaired) electrons. The number of hydrogen-bond acceptors (Lipinski definition) is 3. The van der Waals surface area contributed by atoms with E-state index in [2.05, 4.69) is 33.3 Å². The number of aryl methyl sites for hydroxylation is 1. The summed E-state index contributed by atoms with van der Waals surface area (Å²) in [6.45, 7) is 1.96. The molecule has 0 saturated heterocycles. The van der Waals surface area contributed by atoms with Crippen molar-refractivity contribution in [3.63, 3.8) is 0 Å². The lowest BCUT2D eigenvalue weighted by molar-refractivity contribution is 0.594. The van der Waals surface area contributed by atoms with E-state index in [0.717, 1.165) is 15.6 Å². The van der Waals surface area contributed by atoms with Gasteiger partial charge in [-0.3, -0.25) is 4.72 Å². The molecule has 0 amide bonds. The van der Waals surface area contributed by atoms with Crippen molar-refractivity contribution >= 4 is 44.3 Å². The molecule has 0 fully saturated rings. The molecule has 0 saturated carbocycles.